The van der Waals surface area contributed by atoms with Crippen molar-refractivity contribution in [3.8, 4) is 0 Å². The van der Waals surface area contributed by atoms with E-state index in [4.69, 9.17) is 23.2 Å². The number of anilines is 1. The first-order chi connectivity index (χ1) is 12.1. The van der Waals surface area contributed by atoms with Crippen molar-refractivity contribution < 1.29 is 17.6 Å². The molecular formula is C17H17Cl2FN2O3S. The summed E-state index contributed by atoms with van der Waals surface area (Å²) in [6.45, 7) is 1.26. The van der Waals surface area contributed by atoms with Gasteiger partial charge in [-0.25, -0.2) is 12.8 Å². The van der Waals surface area contributed by atoms with E-state index >= 15 is 0 Å². The fraction of sp³-hybridized carbons (Fsp3) is 0.235. The fourth-order valence-corrected chi connectivity index (χ4v) is 3.75. The number of benzene rings is 2. The summed E-state index contributed by atoms with van der Waals surface area (Å²) in [6.07, 6.45) is 0.981. The molecule has 0 aliphatic rings. The van der Waals surface area contributed by atoms with Gasteiger partial charge in [-0.15, -0.1) is 0 Å². The van der Waals surface area contributed by atoms with Gasteiger partial charge in [0.2, 0.25) is 15.9 Å². The lowest BCUT2D eigenvalue weighted by molar-refractivity contribution is -0.120. The van der Waals surface area contributed by atoms with Crippen LogP contribution in [0.5, 0.6) is 0 Å². The second-order valence-corrected chi connectivity index (χ2v) is 8.46. The van der Waals surface area contributed by atoms with Crippen molar-refractivity contribution in [1.29, 1.82) is 0 Å². The first kappa shape index (κ1) is 20.5. The predicted octanol–water partition coefficient (Wildman–Crippen LogP) is 3.78. The van der Waals surface area contributed by atoms with Gasteiger partial charge < -0.3 is 5.32 Å². The Bertz CT molecular complexity index is 905. The summed E-state index contributed by atoms with van der Waals surface area (Å²) < 4.78 is 38.1. The van der Waals surface area contributed by atoms with Gasteiger partial charge in [0.25, 0.3) is 0 Å². The lowest BCUT2D eigenvalue weighted by Crippen LogP contribution is -2.41. The number of sulfonamides is 1. The monoisotopic (exact) mass is 418 g/mol. The molecule has 0 aliphatic carbocycles. The second-order valence-electron chi connectivity index (χ2n) is 5.71. The third kappa shape index (κ3) is 5.33. The average molecular weight is 419 g/mol. The van der Waals surface area contributed by atoms with Gasteiger partial charge >= 0.3 is 0 Å². The van der Waals surface area contributed by atoms with Crippen LogP contribution in [0.3, 0.4) is 0 Å². The molecule has 0 bridgehead atoms. The maximum Gasteiger partial charge on any atom is 0.241 e. The molecule has 0 heterocycles. The molecule has 26 heavy (non-hydrogen) atoms. The molecule has 1 amide bonds. The molecule has 0 radical (unpaired) electrons. The Balaban J connectivity index is 2.18. The number of halogens is 3. The van der Waals surface area contributed by atoms with Gasteiger partial charge in [-0.3, -0.25) is 9.10 Å². The molecule has 140 valence electrons. The third-order valence-corrected chi connectivity index (χ3v) is 5.28. The normalized spacial score (nSPS) is 12.5. The highest BCUT2D eigenvalue weighted by Crippen LogP contribution is 2.30. The highest BCUT2D eigenvalue weighted by Gasteiger charge is 2.24. The average Bonchev–Trinajstić information content (AvgIpc) is 2.53. The van der Waals surface area contributed by atoms with Crippen molar-refractivity contribution in [2.24, 2.45) is 0 Å². The lowest BCUT2D eigenvalue weighted by Gasteiger charge is -2.24. The van der Waals surface area contributed by atoms with Crippen LogP contribution < -0.4 is 9.62 Å². The van der Waals surface area contributed by atoms with Crippen LogP contribution >= 0.6 is 23.2 Å². The van der Waals surface area contributed by atoms with Gasteiger partial charge in [-0.1, -0.05) is 35.3 Å². The van der Waals surface area contributed by atoms with Crippen molar-refractivity contribution >= 4 is 44.8 Å². The van der Waals surface area contributed by atoms with E-state index in [2.05, 4.69) is 5.32 Å². The van der Waals surface area contributed by atoms with Crippen LogP contribution in [0.2, 0.25) is 10.0 Å². The predicted molar refractivity (Wildman–Crippen MR) is 102 cm³/mol. The van der Waals surface area contributed by atoms with Crippen molar-refractivity contribution in [1.82, 2.24) is 5.32 Å². The van der Waals surface area contributed by atoms with E-state index in [0.29, 0.717) is 10.6 Å². The van der Waals surface area contributed by atoms with E-state index in [1.165, 1.54) is 30.3 Å². The summed E-state index contributed by atoms with van der Waals surface area (Å²) in [4.78, 5) is 12.3. The largest absolute Gasteiger partial charge is 0.348 e. The zero-order valence-electron chi connectivity index (χ0n) is 14.0. The molecule has 0 fully saturated rings. The minimum absolute atomic E-state index is 0.113. The van der Waals surface area contributed by atoms with Crippen molar-refractivity contribution in [3.05, 3.63) is 63.9 Å². The SMILES string of the molecule is C[C@H](NC(=O)CN(c1ccc(Cl)cc1Cl)S(C)(=O)=O)c1ccc(F)cc1. The summed E-state index contributed by atoms with van der Waals surface area (Å²) in [7, 11) is -3.76. The van der Waals surface area contributed by atoms with Crippen LogP contribution in [-0.2, 0) is 14.8 Å². The maximum atomic E-state index is 13.0. The number of rotatable bonds is 6. The number of carbonyl (C=O) groups is 1. The van der Waals surface area contributed by atoms with Crippen molar-refractivity contribution in [2.45, 2.75) is 13.0 Å². The smallest absolute Gasteiger partial charge is 0.241 e. The van der Waals surface area contributed by atoms with Crippen LogP contribution in [0, 0.1) is 5.82 Å². The van der Waals surface area contributed by atoms with Gasteiger partial charge in [0.15, 0.2) is 0 Å². The molecular weight excluding hydrogens is 402 g/mol. The van der Waals surface area contributed by atoms with E-state index in [-0.39, 0.29) is 16.5 Å². The second kappa shape index (κ2) is 8.24. The zero-order chi connectivity index (χ0) is 19.5. The molecule has 2 aromatic rings. The Hall–Kier alpha value is -1.83. The highest BCUT2D eigenvalue weighted by molar-refractivity contribution is 7.92. The molecule has 0 aliphatic heterocycles. The summed E-state index contributed by atoms with van der Waals surface area (Å²) in [5.74, 6) is -0.911. The Kier molecular flexibility index (Phi) is 6.49. The Morgan fingerprint density at radius 1 is 1.19 bits per heavy atom. The van der Waals surface area contributed by atoms with Gasteiger partial charge in [-0.05, 0) is 42.8 Å². The van der Waals surface area contributed by atoms with Gasteiger partial charge in [0.1, 0.15) is 12.4 Å². The molecule has 2 rings (SSSR count). The van der Waals surface area contributed by atoms with Crippen LogP contribution in [-0.4, -0.2) is 27.1 Å². The number of hydrogen-bond donors (Lipinski definition) is 1. The third-order valence-electron chi connectivity index (χ3n) is 3.61. The Morgan fingerprint density at radius 3 is 2.35 bits per heavy atom. The molecule has 5 nitrogen and oxygen atoms in total. The molecule has 0 aromatic heterocycles. The van der Waals surface area contributed by atoms with Crippen LogP contribution in [0.15, 0.2) is 42.5 Å². The van der Waals surface area contributed by atoms with Gasteiger partial charge in [0, 0.05) is 5.02 Å². The highest BCUT2D eigenvalue weighted by atomic mass is 35.5. The molecule has 1 atom stereocenters. The topological polar surface area (TPSA) is 66.5 Å². The Morgan fingerprint density at radius 2 is 1.81 bits per heavy atom. The summed E-state index contributed by atoms with van der Waals surface area (Å²) in [6, 6.07) is 9.56. The van der Waals surface area contributed by atoms with Crippen LogP contribution in [0.4, 0.5) is 10.1 Å². The van der Waals surface area contributed by atoms with E-state index in [1.54, 1.807) is 19.1 Å². The molecule has 0 saturated carbocycles. The van der Waals surface area contributed by atoms with E-state index in [9.17, 15) is 17.6 Å². The summed E-state index contributed by atoms with van der Waals surface area (Å²) in [5, 5.41) is 3.14. The van der Waals surface area contributed by atoms with Gasteiger partial charge in [0.05, 0.1) is 23.0 Å². The number of hydrogen-bond acceptors (Lipinski definition) is 3. The van der Waals surface area contributed by atoms with Crippen LogP contribution in [0.1, 0.15) is 18.5 Å². The molecule has 0 spiro atoms. The fourth-order valence-electron chi connectivity index (χ4n) is 2.32. The molecule has 1 N–H and O–H groups in total. The zero-order valence-corrected chi connectivity index (χ0v) is 16.4. The molecule has 9 heteroatoms. The van der Waals surface area contributed by atoms with E-state index in [0.717, 1.165) is 10.6 Å². The number of carbonyl (C=O) groups excluding carboxylic acids is 1. The minimum Gasteiger partial charge on any atom is -0.348 e. The van der Waals surface area contributed by atoms with E-state index < -0.39 is 28.5 Å². The maximum absolute atomic E-state index is 13.0. The minimum atomic E-state index is -3.76. The quantitative estimate of drug-likeness (QED) is 0.775. The molecule has 0 saturated heterocycles. The van der Waals surface area contributed by atoms with Gasteiger partial charge in [-0.2, -0.15) is 0 Å². The standard InChI is InChI=1S/C17H17Cl2FN2O3S/c1-11(12-3-6-14(20)7-4-12)21-17(23)10-22(26(2,24)25)16-8-5-13(18)9-15(16)19/h3-9,11H,10H2,1-2H3,(H,21,23)/t11-/m0/s1. The molecule has 2 aromatic carbocycles. The first-order valence-corrected chi connectivity index (χ1v) is 10.2. The molecule has 0 unspecified atom stereocenters. The summed E-state index contributed by atoms with van der Waals surface area (Å²) in [5.41, 5.74) is 0.846. The van der Waals surface area contributed by atoms with E-state index in [1.807, 2.05) is 0 Å². The number of amides is 1. The van der Waals surface area contributed by atoms with Crippen LogP contribution in [0.25, 0.3) is 0 Å². The van der Waals surface area contributed by atoms with Crippen molar-refractivity contribution in [3.63, 3.8) is 0 Å². The number of nitrogens with zero attached hydrogens (tertiary/aromatic N) is 1. The summed E-state index contributed by atoms with van der Waals surface area (Å²) >= 11 is 11.9. The van der Waals surface area contributed by atoms with Crippen molar-refractivity contribution in [2.75, 3.05) is 17.1 Å². The Labute approximate surface area is 161 Å². The first-order valence-electron chi connectivity index (χ1n) is 7.55. The number of nitrogens with one attached hydrogen (secondary N) is 1. The lowest BCUT2D eigenvalue weighted by atomic mass is 10.1.